The van der Waals surface area contributed by atoms with Crippen LogP contribution in [0, 0.1) is 11.4 Å². The van der Waals surface area contributed by atoms with Crippen LogP contribution in [0.4, 0.5) is 9.18 Å². The lowest BCUT2D eigenvalue weighted by Gasteiger charge is -2.29. The van der Waals surface area contributed by atoms with Crippen LogP contribution in [0.3, 0.4) is 0 Å². The zero-order chi connectivity index (χ0) is 19.5. The monoisotopic (exact) mass is 381 g/mol. The van der Waals surface area contributed by atoms with E-state index in [4.69, 9.17) is 16.3 Å². The number of hydrogen-bond acceptors (Lipinski definition) is 4. The van der Waals surface area contributed by atoms with E-state index in [2.05, 4.69) is 23.9 Å². The van der Waals surface area contributed by atoms with Gasteiger partial charge in [-0.15, -0.1) is 0 Å². The van der Waals surface area contributed by atoms with Crippen molar-refractivity contribution in [2.24, 2.45) is 5.41 Å². The lowest BCUT2D eigenvalue weighted by molar-refractivity contribution is 0.148. The van der Waals surface area contributed by atoms with Gasteiger partial charge in [0.25, 0.3) is 0 Å². The zero-order valence-corrected chi connectivity index (χ0v) is 16.7. The number of pyridine rings is 1. The van der Waals surface area contributed by atoms with Crippen molar-refractivity contribution in [3.05, 3.63) is 34.5 Å². The van der Waals surface area contributed by atoms with Gasteiger partial charge in [-0.2, -0.15) is 14.2 Å². The summed E-state index contributed by atoms with van der Waals surface area (Å²) in [4.78, 5) is 15.8. The van der Waals surface area contributed by atoms with Crippen molar-refractivity contribution in [1.29, 1.82) is 0 Å². The molecule has 0 saturated carbocycles. The summed E-state index contributed by atoms with van der Waals surface area (Å²) in [6.07, 6.45) is 1.91. The van der Waals surface area contributed by atoms with Crippen molar-refractivity contribution in [2.75, 3.05) is 6.61 Å². The van der Waals surface area contributed by atoms with Crippen molar-refractivity contribution in [3.63, 3.8) is 0 Å². The molecule has 0 amide bonds. The highest BCUT2D eigenvalue weighted by Crippen LogP contribution is 2.39. The molecule has 0 aromatic carbocycles. The van der Waals surface area contributed by atoms with Crippen LogP contribution in [0.1, 0.15) is 52.3 Å². The second-order valence-corrected chi connectivity index (χ2v) is 7.11. The number of rotatable bonds is 2. The number of aromatic nitrogens is 3. The van der Waals surface area contributed by atoms with Gasteiger partial charge in [0.2, 0.25) is 5.95 Å². The minimum Gasteiger partial charge on any atom is -0.448 e. The quantitative estimate of drug-likeness (QED) is 0.664. The first kappa shape index (κ1) is 20.4. The highest BCUT2D eigenvalue weighted by Gasteiger charge is 2.33. The van der Waals surface area contributed by atoms with Gasteiger partial charge in [0.05, 0.1) is 18.0 Å². The molecule has 26 heavy (non-hydrogen) atoms. The molecule has 0 saturated heterocycles. The fourth-order valence-electron chi connectivity index (χ4n) is 3.10. The Balaban J connectivity index is 0.00000117. The maximum atomic E-state index is 13.6. The summed E-state index contributed by atoms with van der Waals surface area (Å²) in [6, 6.07) is 2.84. The van der Waals surface area contributed by atoms with Crippen LogP contribution in [0.25, 0.3) is 11.3 Å². The van der Waals surface area contributed by atoms with E-state index in [9.17, 15) is 9.18 Å². The standard InChI is InChI=1S/C17H19ClFN3O2.C2H6/c1-4-24-16(23)22-12-9-17(2,3)6-5-11(12)15(21-22)10-7-13(18)20-14(19)8-10;1-2/h7-8H,4-6,9H2,1-3H3;1-2H3. The molecule has 7 heteroatoms. The highest BCUT2D eigenvalue weighted by molar-refractivity contribution is 6.29. The van der Waals surface area contributed by atoms with Crippen LogP contribution in [0.15, 0.2) is 12.1 Å². The van der Waals surface area contributed by atoms with Gasteiger partial charge in [0.15, 0.2) is 0 Å². The first-order chi connectivity index (χ1) is 12.3. The van der Waals surface area contributed by atoms with Gasteiger partial charge in [0.1, 0.15) is 5.15 Å². The molecular formula is C19H25ClFN3O2. The number of carbonyl (C=O) groups is 1. The van der Waals surface area contributed by atoms with E-state index in [0.29, 0.717) is 17.7 Å². The Morgan fingerprint density at radius 1 is 1.38 bits per heavy atom. The Labute approximate surface area is 158 Å². The third kappa shape index (κ3) is 4.23. The Morgan fingerprint density at radius 2 is 2.08 bits per heavy atom. The summed E-state index contributed by atoms with van der Waals surface area (Å²) in [7, 11) is 0. The lowest BCUT2D eigenvalue weighted by atomic mass is 9.76. The van der Waals surface area contributed by atoms with Gasteiger partial charge in [-0.05, 0) is 37.7 Å². The SMILES string of the molecule is CC.CCOC(=O)n1nc(-c2cc(F)nc(Cl)c2)c2c1CC(C)(C)CC2. The van der Waals surface area contributed by atoms with Crippen molar-refractivity contribution >= 4 is 17.7 Å². The van der Waals surface area contributed by atoms with Gasteiger partial charge in [-0.25, -0.2) is 9.78 Å². The number of halogens is 2. The molecule has 0 fully saturated rings. The van der Waals surface area contributed by atoms with Crippen molar-refractivity contribution < 1.29 is 13.9 Å². The van der Waals surface area contributed by atoms with Crippen LogP contribution in [-0.2, 0) is 17.6 Å². The van der Waals surface area contributed by atoms with Gasteiger partial charge in [-0.3, -0.25) is 0 Å². The van der Waals surface area contributed by atoms with Crippen LogP contribution in [0.2, 0.25) is 5.15 Å². The summed E-state index contributed by atoms with van der Waals surface area (Å²) in [5.74, 6) is -0.673. The maximum absolute atomic E-state index is 13.6. The normalized spacial score (nSPS) is 14.9. The summed E-state index contributed by atoms with van der Waals surface area (Å²) in [6.45, 7) is 10.3. The Morgan fingerprint density at radius 3 is 2.69 bits per heavy atom. The molecular weight excluding hydrogens is 357 g/mol. The molecule has 0 atom stereocenters. The first-order valence-electron chi connectivity index (χ1n) is 8.92. The summed E-state index contributed by atoms with van der Waals surface area (Å²) in [5, 5.41) is 4.47. The maximum Gasteiger partial charge on any atom is 0.434 e. The number of ether oxygens (including phenoxy) is 1. The minimum atomic E-state index is -0.673. The van der Waals surface area contributed by atoms with Gasteiger partial charge >= 0.3 is 6.09 Å². The molecule has 0 spiro atoms. The topological polar surface area (TPSA) is 57.0 Å². The largest absolute Gasteiger partial charge is 0.448 e. The second-order valence-electron chi connectivity index (χ2n) is 6.73. The molecule has 2 aromatic rings. The van der Waals surface area contributed by atoms with Crippen LogP contribution >= 0.6 is 11.6 Å². The van der Waals surface area contributed by atoms with E-state index in [0.717, 1.165) is 24.1 Å². The smallest absolute Gasteiger partial charge is 0.434 e. The Hall–Kier alpha value is -1.95. The molecule has 2 heterocycles. The van der Waals surface area contributed by atoms with E-state index < -0.39 is 12.0 Å². The van der Waals surface area contributed by atoms with Crippen LogP contribution in [-0.4, -0.2) is 27.5 Å². The summed E-state index contributed by atoms with van der Waals surface area (Å²) >= 11 is 5.87. The molecule has 0 aliphatic heterocycles. The number of fused-ring (bicyclic) bond motifs is 1. The number of carbonyl (C=O) groups excluding carboxylic acids is 1. The molecule has 1 aliphatic carbocycles. The van der Waals surface area contributed by atoms with Crippen molar-refractivity contribution in [2.45, 2.75) is 53.9 Å². The first-order valence-corrected chi connectivity index (χ1v) is 9.30. The molecule has 0 N–H and O–H groups in total. The van der Waals surface area contributed by atoms with E-state index >= 15 is 0 Å². The molecule has 0 bridgehead atoms. The highest BCUT2D eigenvalue weighted by atomic mass is 35.5. The van der Waals surface area contributed by atoms with Gasteiger partial charge in [0, 0.05) is 17.2 Å². The van der Waals surface area contributed by atoms with Gasteiger partial charge in [-0.1, -0.05) is 39.3 Å². The van der Waals surface area contributed by atoms with Crippen molar-refractivity contribution in [3.8, 4) is 11.3 Å². The molecule has 0 unspecified atom stereocenters. The molecule has 5 nitrogen and oxygen atoms in total. The van der Waals surface area contributed by atoms with E-state index in [-0.39, 0.29) is 17.2 Å². The molecule has 3 rings (SSSR count). The number of nitrogens with zero attached hydrogens (tertiary/aromatic N) is 3. The fourth-order valence-corrected chi connectivity index (χ4v) is 3.30. The average Bonchev–Trinajstić information content (AvgIpc) is 2.93. The van der Waals surface area contributed by atoms with E-state index in [1.165, 1.54) is 10.7 Å². The predicted octanol–water partition coefficient (Wildman–Crippen LogP) is 5.28. The minimum absolute atomic E-state index is 0.0561. The molecule has 2 aromatic heterocycles. The zero-order valence-electron chi connectivity index (χ0n) is 15.9. The third-order valence-electron chi connectivity index (χ3n) is 4.26. The van der Waals surface area contributed by atoms with Crippen LogP contribution in [0.5, 0.6) is 0 Å². The van der Waals surface area contributed by atoms with Gasteiger partial charge < -0.3 is 4.74 Å². The molecule has 0 radical (unpaired) electrons. The summed E-state index contributed by atoms with van der Waals surface area (Å²) < 4.78 is 20.0. The number of hydrogen-bond donors (Lipinski definition) is 0. The lowest BCUT2D eigenvalue weighted by Crippen LogP contribution is -2.26. The Bertz CT molecular complexity index is 782. The van der Waals surface area contributed by atoms with E-state index in [1.807, 2.05) is 13.8 Å². The molecule has 1 aliphatic rings. The fraction of sp³-hybridized carbons (Fsp3) is 0.526. The Kier molecular flexibility index (Phi) is 6.39. The van der Waals surface area contributed by atoms with Crippen molar-refractivity contribution in [1.82, 2.24) is 14.8 Å². The molecule has 142 valence electrons. The van der Waals surface area contributed by atoms with E-state index in [1.54, 1.807) is 13.0 Å². The summed E-state index contributed by atoms with van der Waals surface area (Å²) in [5.41, 5.74) is 2.93. The predicted molar refractivity (Wildman–Crippen MR) is 100 cm³/mol. The van der Waals surface area contributed by atoms with Crippen LogP contribution < -0.4 is 0 Å². The average molecular weight is 382 g/mol. The third-order valence-corrected chi connectivity index (χ3v) is 4.46. The second kappa shape index (κ2) is 8.16.